The van der Waals surface area contributed by atoms with E-state index in [-0.39, 0.29) is 33.8 Å². The average Bonchev–Trinajstić information content (AvgIpc) is 2.64. The van der Waals surface area contributed by atoms with E-state index in [0.717, 1.165) is 33.7 Å². The molecule has 1 aliphatic rings. The van der Waals surface area contributed by atoms with Crippen molar-refractivity contribution >= 4 is 55.5 Å². The van der Waals surface area contributed by atoms with Gasteiger partial charge in [-0.25, -0.2) is 0 Å². The Morgan fingerprint density at radius 1 is 1.20 bits per heavy atom. The van der Waals surface area contributed by atoms with Crippen LogP contribution in [-0.2, 0) is 0 Å². The molecule has 0 bridgehead atoms. The molecule has 0 spiro atoms. The van der Waals surface area contributed by atoms with Crippen LogP contribution in [0.3, 0.4) is 0 Å². The van der Waals surface area contributed by atoms with Crippen molar-refractivity contribution in [1.29, 1.82) is 0 Å². The number of rotatable bonds is 3. The number of aliphatic hydroxyl groups excluding tert-OH is 1. The van der Waals surface area contributed by atoms with Crippen molar-refractivity contribution in [3.8, 4) is 5.82 Å². The number of carboxylic acids is 1. The Hall–Kier alpha value is -2.55. The fourth-order valence-electron chi connectivity index (χ4n) is 3.29. The van der Waals surface area contributed by atoms with Gasteiger partial charge in [-0.3, -0.25) is 0 Å². The molecule has 0 amide bonds. The predicted octanol–water partition coefficient (Wildman–Crippen LogP) is 0.594. The topological polar surface area (TPSA) is 95.7 Å². The van der Waals surface area contributed by atoms with Crippen molar-refractivity contribution in [1.82, 2.24) is 9.55 Å². The molecule has 0 radical (unpaired) electrons. The van der Waals surface area contributed by atoms with Crippen LogP contribution in [0, 0.1) is 17.5 Å². The number of aromatic nitrogens is 2. The number of benzene rings is 1. The molecule has 1 aliphatic heterocycles. The van der Waals surface area contributed by atoms with Crippen molar-refractivity contribution in [2.45, 2.75) is 6.10 Å². The number of aliphatic hydroxyl groups is 1. The molecule has 2 N–H and O–H groups in total. The van der Waals surface area contributed by atoms with Gasteiger partial charge in [0, 0.05) is 0 Å². The number of carbonyl (C=O) groups is 1. The predicted molar refractivity (Wildman–Crippen MR) is 106 cm³/mol. The Morgan fingerprint density at radius 2 is 1.87 bits per heavy atom. The standard InChI is InChI=1S/C18H12AsClF3N3O4/c19-16-10(22)2-11(23)17(24-16)26-5-8(18(29)30)15(28)7-1-9(21)14(12(20)13(7)26)25-3-6(27)4-25/h1-2,5-6,27H,3-4,19H2,(H,29,30). The number of aromatic carboxylic acids is 1. The van der Waals surface area contributed by atoms with E-state index < -0.39 is 51.7 Å². The van der Waals surface area contributed by atoms with E-state index in [1.54, 1.807) is 0 Å². The van der Waals surface area contributed by atoms with E-state index in [0.29, 0.717) is 6.07 Å². The zero-order valence-corrected chi connectivity index (χ0v) is 18.0. The van der Waals surface area contributed by atoms with Crippen molar-refractivity contribution in [2.75, 3.05) is 18.0 Å². The van der Waals surface area contributed by atoms with Crippen LogP contribution in [0.15, 0.2) is 23.1 Å². The third kappa shape index (κ3) is 3.15. The molecule has 4 rings (SSSR count). The summed E-state index contributed by atoms with van der Waals surface area (Å²) in [7, 11) is 0. The van der Waals surface area contributed by atoms with Gasteiger partial charge in [-0.2, -0.15) is 0 Å². The number of halogens is 4. The summed E-state index contributed by atoms with van der Waals surface area (Å²) in [5.41, 5.74) is -2.10. The summed E-state index contributed by atoms with van der Waals surface area (Å²) in [5, 5.41) is 18.2. The zero-order chi connectivity index (χ0) is 21.9. The van der Waals surface area contributed by atoms with Crippen LogP contribution < -0.4 is 14.8 Å². The number of hydrogen-bond acceptors (Lipinski definition) is 5. The van der Waals surface area contributed by atoms with Crippen LogP contribution in [-0.4, -0.2) is 61.8 Å². The fourth-order valence-corrected chi connectivity index (χ4v) is 4.13. The Kier molecular flexibility index (Phi) is 5.04. The second-order valence-corrected chi connectivity index (χ2v) is 8.21. The molecule has 1 saturated heterocycles. The van der Waals surface area contributed by atoms with E-state index in [1.165, 1.54) is 4.90 Å². The van der Waals surface area contributed by atoms with Gasteiger partial charge in [-0.1, -0.05) is 0 Å². The molecule has 1 aromatic carbocycles. The fraction of sp³-hybridized carbons (Fsp3) is 0.167. The first-order valence-electron chi connectivity index (χ1n) is 8.45. The van der Waals surface area contributed by atoms with Gasteiger partial charge in [0.25, 0.3) is 0 Å². The molecule has 3 aromatic rings. The number of β-amino-alcohol motifs (C(OH)–C–C–N with tert-alkyl or cyclic N) is 1. The van der Waals surface area contributed by atoms with Gasteiger partial charge in [0.05, 0.1) is 0 Å². The maximum absolute atomic E-state index is 14.8. The van der Waals surface area contributed by atoms with Crippen LogP contribution in [0.1, 0.15) is 10.4 Å². The number of anilines is 1. The van der Waals surface area contributed by atoms with Crippen LogP contribution in [0.25, 0.3) is 16.7 Å². The Labute approximate surface area is 179 Å². The molecule has 30 heavy (non-hydrogen) atoms. The molecule has 2 aromatic heterocycles. The molecule has 0 saturated carbocycles. The molecule has 7 nitrogen and oxygen atoms in total. The number of fused-ring (bicyclic) bond motifs is 1. The normalized spacial score (nSPS) is 14.3. The minimum atomic E-state index is -1.62. The summed E-state index contributed by atoms with van der Waals surface area (Å²) >= 11 is 7.15. The van der Waals surface area contributed by atoms with E-state index in [1.807, 2.05) is 0 Å². The molecule has 0 aliphatic carbocycles. The molecule has 156 valence electrons. The molecule has 1 atom stereocenters. The van der Waals surface area contributed by atoms with Crippen molar-refractivity contribution in [2.24, 2.45) is 0 Å². The molecule has 1 fully saturated rings. The maximum atomic E-state index is 14.8. The molecule has 3 heterocycles. The Bertz CT molecular complexity index is 1290. The summed E-state index contributed by atoms with van der Waals surface area (Å²) in [6.45, 7) is 0.175. The molecule has 12 heteroatoms. The summed E-state index contributed by atoms with van der Waals surface area (Å²) in [4.78, 5) is 29.4. The second kappa shape index (κ2) is 7.30. The first-order valence-corrected chi connectivity index (χ1v) is 10.0. The van der Waals surface area contributed by atoms with E-state index >= 15 is 0 Å². The second-order valence-electron chi connectivity index (χ2n) is 6.68. The van der Waals surface area contributed by atoms with E-state index in [2.05, 4.69) is 4.98 Å². The van der Waals surface area contributed by atoms with Crippen LogP contribution in [0.2, 0.25) is 5.02 Å². The Morgan fingerprint density at radius 3 is 2.47 bits per heavy atom. The zero-order valence-electron chi connectivity index (χ0n) is 14.9. The van der Waals surface area contributed by atoms with E-state index in [9.17, 15) is 33.0 Å². The summed E-state index contributed by atoms with van der Waals surface area (Å²) < 4.78 is 43.8. The SMILES string of the molecule is O=C(O)c1cn(-c2nc([AsH2])c(F)cc2F)c2c(Cl)c(N3CC(O)C3)c(F)cc2c1=O. The minimum absolute atomic E-state index is 0.0877. The van der Waals surface area contributed by atoms with Gasteiger partial charge in [0.15, 0.2) is 0 Å². The number of pyridine rings is 2. The van der Waals surface area contributed by atoms with Crippen molar-refractivity contribution in [3.05, 3.63) is 56.6 Å². The van der Waals surface area contributed by atoms with Gasteiger partial charge in [0.1, 0.15) is 0 Å². The van der Waals surface area contributed by atoms with Gasteiger partial charge in [-0.05, 0) is 0 Å². The van der Waals surface area contributed by atoms with Crippen molar-refractivity contribution in [3.63, 3.8) is 0 Å². The van der Waals surface area contributed by atoms with Crippen LogP contribution in [0.5, 0.6) is 0 Å². The summed E-state index contributed by atoms with van der Waals surface area (Å²) in [6.07, 6.45) is 0.134. The number of carboxylic acid groups (broad SMARTS) is 1. The van der Waals surface area contributed by atoms with Crippen LogP contribution >= 0.6 is 11.6 Å². The van der Waals surface area contributed by atoms with Crippen LogP contribution in [0.4, 0.5) is 18.9 Å². The number of hydrogen-bond donors (Lipinski definition) is 2. The first kappa shape index (κ1) is 20.7. The quantitative estimate of drug-likeness (QED) is 0.510. The van der Waals surface area contributed by atoms with E-state index in [4.69, 9.17) is 11.6 Å². The van der Waals surface area contributed by atoms with Gasteiger partial charge < -0.3 is 0 Å². The molecular formula is C18H12AsClF3N3O4. The molecule has 1 unspecified atom stereocenters. The van der Waals surface area contributed by atoms with Gasteiger partial charge >= 0.3 is 180 Å². The average molecular weight is 502 g/mol. The summed E-state index contributed by atoms with van der Waals surface area (Å²) in [6, 6.07) is 1.39. The number of nitrogens with zero attached hydrogens (tertiary/aromatic N) is 3. The first-order chi connectivity index (χ1) is 14.1. The van der Waals surface area contributed by atoms with Gasteiger partial charge in [0.2, 0.25) is 0 Å². The third-order valence-corrected chi connectivity index (χ3v) is 5.94. The summed E-state index contributed by atoms with van der Waals surface area (Å²) in [5.74, 6) is -5.04. The van der Waals surface area contributed by atoms with Crippen molar-refractivity contribution < 1.29 is 28.2 Å². The molecular weight excluding hydrogens is 490 g/mol. The third-order valence-electron chi connectivity index (χ3n) is 4.73. The monoisotopic (exact) mass is 501 g/mol. The Balaban J connectivity index is 2.14. The van der Waals surface area contributed by atoms with Gasteiger partial charge in [-0.15, -0.1) is 0 Å².